The van der Waals surface area contributed by atoms with Gasteiger partial charge in [0.15, 0.2) is 0 Å². The van der Waals surface area contributed by atoms with Crippen LogP contribution in [-0.2, 0) is 0 Å². The summed E-state index contributed by atoms with van der Waals surface area (Å²) in [5.41, 5.74) is 0. The predicted molar refractivity (Wildman–Crippen MR) is 74.2 cm³/mol. The molecule has 0 aromatic heterocycles. The van der Waals surface area contributed by atoms with Crippen LogP contribution in [0.2, 0.25) is 0 Å². The molecule has 2 saturated carbocycles. The van der Waals surface area contributed by atoms with Crippen molar-refractivity contribution in [1.82, 2.24) is 10.2 Å². The Hall–Kier alpha value is -0.0800. The molecule has 2 atom stereocenters. The SMILES string of the molecule is CCNC(C)CC(C)N(CC1CC1)CC1CC1. The van der Waals surface area contributed by atoms with Crippen molar-refractivity contribution in [1.29, 1.82) is 0 Å². The maximum Gasteiger partial charge on any atom is 0.00818 e. The van der Waals surface area contributed by atoms with Gasteiger partial charge in [0, 0.05) is 25.2 Å². The van der Waals surface area contributed by atoms with Gasteiger partial charge in [0.2, 0.25) is 0 Å². The summed E-state index contributed by atoms with van der Waals surface area (Å²) >= 11 is 0. The van der Waals surface area contributed by atoms with Gasteiger partial charge in [-0.05, 0) is 64.3 Å². The highest BCUT2D eigenvalue weighted by molar-refractivity contribution is 4.85. The lowest BCUT2D eigenvalue weighted by Crippen LogP contribution is -2.40. The standard InChI is InChI=1S/C15H30N2/c1-4-16-12(2)9-13(3)17(10-14-5-6-14)11-15-7-8-15/h12-16H,4-11H2,1-3H3. The number of nitrogens with one attached hydrogen (secondary N) is 1. The Kier molecular flexibility index (Phi) is 4.87. The van der Waals surface area contributed by atoms with Crippen LogP contribution in [0.5, 0.6) is 0 Å². The Balaban J connectivity index is 1.75. The second kappa shape index (κ2) is 6.19. The molecule has 2 nitrogen and oxygen atoms in total. The molecule has 2 fully saturated rings. The molecule has 1 N–H and O–H groups in total. The molecular formula is C15H30N2. The molecule has 0 saturated heterocycles. The monoisotopic (exact) mass is 238 g/mol. The lowest BCUT2D eigenvalue weighted by molar-refractivity contribution is 0.174. The molecule has 0 radical (unpaired) electrons. The zero-order valence-corrected chi connectivity index (χ0v) is 11.9. The first-order valence-electron chi connectivity index (χ1n) is 7.66. The summed E-state index contributed by atoms with van der Waals surface area (Å²) in [4.78, 5) is 2.78. The van der Waals surface area contributed by atoms with Crippen LogP contribution >= 0.6 is 0 Å². The highest BCUT2D eigenvalue weighted by atomic mass is 15.2. The molecule has 0 heterocycles. The molecular weight excluding hydrogens is 208 g/mol. The molecule has 100 valence electrons. The fourth-order valence-corrected chi connectivity index (χ4v) is 2.79. The molecule has 2 unspecified atom stereocenters. The van der Waals surface area contributed by atoms with E-state index in [1.165, 1.54) is 45.2 Å². The predicted octanol–water partition coefficient (Wildman–Crippen LogP) is 2.89. The highest BCUT2D eigenvalue weighted by Crippen LogP contribution is 2.34. The number of hydrogen-bond donors (Lipinski definition) is 1. The Labute approximate surface area is 107 Å². The number of rotatable bonds is 9. The van der Waals surface area contributed by atoms with Crippen LogP contribution in [0.25, 0.3) is 0 Å². The van der Waals surface area contributed by atoms with Gasteiger partial charge in [-0.2, -0.15) is 0 Å². The van der Waals surface area contributed by atoms with E-state index in [1.54, 1.807) is 0 Å². The van der Waals surface area contributed by atoms with Gasteiger partial charge in [0.1, 0.15) is 0 Å². The van der Waals surface area contributed by atoms with Crippen molar-refractivity contribution < 1.29 is 0 Å². The minimum absolute atomic E-state index is 0.663. The summed E-state index contributed by atoms with van der Waals surface area (Å²) in [6.45, 7) is 10.8. The lowest BCUT2D eigenvalue weighted by Gasteiger charge is -2.31. The van der Waals surface area contributed by atoms with Crippen LogP contribution < -0.4 is 5.32 Å². The van der Waals surface area contributed by atoms with E-state index in [0.29, 0.717) is 6.04 Å². The first kappa shape index (κ1) is 13.4. The van der Waals surface area contributed by atoms with Crippen LogP contribution in [0, 0.1) is 11.8 Å². The molecule has 2 aliphatic carbocycles. The molecule has 2 aliphatic rings. The molecule has 0 aliphatic heterocycles. The minimum Gasteiger partial charge on any atom is -0.314 e. The molecule has 0 aromatic rings. The minimum atomic E-state index is 0.663. The maximum atomic E-state index is 3.54. The van der Waals surface area contributed by atoms with Crippen LogP contribution in [0.4, 0.5) is 0 Å². The average molecular weight is 238 g/mol. The van der Waals surface area contributed by atoms with Gasteiger partial charge in [-0.3, -0.25) is 0 Å². The van der Waals surface area contributed by atoms with Gasteiger partial charge in [0.25, 0.3) is 0 Å². The Morgan fingerprint density at radius 2 is 1.59 bits per heavy atom. The summed E-state index contributed by atoms with van der Waals surface area (Å²) in [7, 11) is 0. The second-order valence-corrected chi connectivity index (χ2v) is 6.38. The second-order valence-electron chi connectivity index (χ2n) is 6.38. The Bertz CT molecular complexity index is 207. The lowest BCUT2D eigenvalue weighted by atomic mass is 10.1. The fourth-order valence-electron chi connectivity index (χ4n) is 2.79. The van der Waals surface area contributed by atoms with Crippen molar-refractivity contribution in [3.05, 3.63) is 0 Å². The van der Waals surface area contributed by atoms with E-state index in [4.69, 9.17) is 0 Å². The molecule has 0 amide bonds. The molecule has 0 aromatic carbocycles. The smallest absolute Gasteiger partial charge is 0.00818 e. The third-order valence-electron chi connectivity index (χ3n) is 4.25. The summed E-state index contributed by atoms with van der Waals surface area (Å²) in [6, 6.07) is 1.42. The number of hydrogen-bond acceptors (Lipinski definition) is 2. The van der Waals surface area contributed by atoms with Crippen molar-refractivity contribution in [3.8, 4) is 0 Å². The molecule has 2 rings (SSSR count). The van der Waals surface area contributed by atoms with E-state index in [2.05, 4.69) is 31.0 Å². The van der Waals surface area contributed by atoms with Crippen LogP contribution in [-0.4, -0.2) is 36.6 Å². The van der Waals surface area contributed by atoms with Crippen molar-refractivity contribution >= 4 is 0 Å². The van der Waals surface area contributed by atoms with E-state index in [1.807, 2.05) is 0 Å². The zero-order valence-electron chi connectivity index (χ0n) is 11.9. The van der Waals surface area contributed by atoms with Crippen molar-refractivity contribution in [3.63, 3.8) is 0 Å². The molecule has 0 spiro atoms. The van der Waals surface area contributed by atoms with Crippen LogP contribution in [0.1, 0.15) is 52.9 Å². The van der Waals surface area contributed by atoms with Gasteiger partial charge in [-0.25, -0.2) is 0 Å². The first-order chi connectivity index (χ1) is 8.19. The van der Waals surface area contributed by atoms with Gasteiger partial charge in [-0.1, -0.05) is 6.92 Å². The average Bonchev–Trinajstić information content (AvgIpc) is 3.11. The normalized spacial score (nSPS) is 24.0. The van der Waals surface area contributed by atoms with Gasteiger partial charge >= 0.3 is 0 Å². The van der Waals surface area contributed by atoms with E-state index in [-0.39, 0.29) is 0 Å². The van der Waals surface area contributed by atoms with Crippen molar-refractivity contribution in [2.75, 3.05) is 19.6 Å². The van der Waals surface area contributed by atoms with Gasteiger partial charge < -0.3 is 10.2 Å². The third kappa shape index (κ3) is 4.97. The third-order valence-corrected chi connectivity index (χ3v) is 4.25. The molecule has 17 heavy (non-hydrogen) atoms. The topological polar surface area (TPSA) is 15.3 Å². The largest absolute Gasteiger partial charge is 0.314 e. The number of nitrogens with zero attached hydrogens (tertiary/aromatic N) is 1. The summed E-state index contributed by atoms with van der Waals surface area (Å²) in [6.07, 6.45) is 7.23. The molecule has 0 bridgehead atoms. The maximum absolute atomic E-state index is 3.54. The van der Waals surface area contributed by atoms with E-state index in [9.17, 15) is 0 Å². The summed E-state index contributed by atoms with van der Waals surface area (Å²) < 4.78 is 0. The fraction of sp³-hybridized carbons (Fsp3) is 1.00. The van der Waals surface area contributed by atoms with Gasteiger partial charge in [-0.15, -0.1) is 0 Å². The first-order valence-corrected chi connectivity index (χ1v) is 7.66. The van der Waals surface area contributed by atoms with Crippen LogP contribution in [0.3, 0.4) is 0 Å². The summed E-state index contributed by atoms with van der Waals surface area (Å²) in [5, 5.41) is 3.54. The van der Waals surface area contributed by atoms with Crippen molar-refractivity contribution in [2.45, 2.75) is 65.0 Å². The Morgan fingerprint density at radius 3 is 2.00 bits per heavy atom. The molecule has 2 heteroatoms. The summed E-state index contributed by atoms with van der Waals surface area (Å²) in [5.74, 6) is 2.07. The van der Waals surface area contributed by atoms with E-state index < -0.39 is 0 Å². The zero-order chi connectivity index (χ0) is 12.3. The van der Waals surface area contributed by atoms with E-state index in [0.717, 1.165) is 24.4 Å². The van der Waals surface area contributed by atoms with E-state index >= 15 is 0 Å². The van der Waals surface area contributed by atoms with Gasteiger partial charge in [0.05, 0.1) is 0 Å². The Morgan fingerprint density at radius 1 is 1.06 bits per heavy atom. The van der Waals surface area contributed by atoms with Crippen LogP contribution in [0.15, 0.2) is 0 Å². The quantitative estimate of drug-likeness (QED) is 0.664. The highest BCUT2D eigenvalue weighted by Gasteiger charge is 2.31. The van der Waals surface area contributed by atoms with Crippen molar-refractivity contribution in [2.24, 2.45) is 11.8 Å².